The van der Waals surface area contributed by atoms with Crippen LogP contribution in [0.15, 0.2) is 351 Å². The van der Waals surface area contributed by atoms with E-state index in [9.17, 15) is 15.8 Å². The molecule has 0 fully saturated rings. The third-order valence-electron chi connectivity index (χ3n) is 25.4. The van der Waals surface area contributed by atoms with Gasteiger partial charge in [0, 0.05) is 61.9 Å². The van der Waals surface area contributed by atoms with E-state index in [0.717, 1.165) is 114 Å². The van der Waals surface area contributed by atoms with Crippen LogP contribution in [0.25, 0.3) is 58.7 Å². The third-order valence-corrected chi connectivity index (χ3v) is 32.0. The minimum atomic E-state index is -2.07. The van der Waals surface area contributed by atoms with Crippen LogP contribution in [0.5, 0.6) is 0 Å². The molecule has 10 heteroatoms. The molecule has 0 saturated heterocycles. The van der Waals surface area contributed by atoms with Gasteiger partial charge < -0.3 is 14.7 Å². The number of hydrogen-bond donors (Lipinski definition) is 0. The summed E-state index contributed by atoms with van der Waals surface area (Å²) in [6.07, 6.45) is 22.5. The molecule has 0 amide bonds. The second kappa shape index (κ2) is 35.0. The van der Waals surface area contributed by atoms with Crippen molar-refractivity contribution in [3.8, 4) is 40.5 Å². The number of nitriles is 3. The Labute approximate surface area is 739 Å². The fraction of sp³-hybridized carbons (Fsp3) is 0.149. The van der Waals surface area contributed by atoms with E-state index in [-0.39, 0.29) is 16.9 Å². The molecule has 124 heavy (non-hydrogen) atoms. The van der Waals surface area contributed by atoms with Gasteiger partial charge in [0.2, 0.25) is 0 Å². The van der Waals surface area contributed by atoms with Crippen LogP contribution in [0, 0.1) is 34.0 Å². The van der Waals surface area contributed by atoms with Crippen molar-refractivity contribution in [3.63, 3.8) is 0 Å². The molecule has 0 spiro atoms. The minimum absolute atomic E-state index is 0.0217. The molecule has 3 aliphatic carbocycles. The molecule has 608 valence electrons. The van der Waals surface area contributed by atoms with Crippen LogP contribution in [0.2, 0.25) is 38.8 Å². The van der Waals surface area contributed by atoms with Gasteiger partial charge in [0.15, 0.2) is 0 Å². The van der Waals surface area contributed by atoms with Gasteiger partial charge in [0.25, 0.3) is 0 Å². The van der Waals surface area contributed by atoms with Crippen LogP contribution in [0.3, 0.4) is 0 Å². The first-order valence-corrected chi connectivity index (χ1v) is 51.8. The number of thioether (sulfide) groups is 1. The summed E-state index contributed by atoms with van der Waals surface area (Å²) in [6.45, 7) is 21.7. The van der Waals surface area contributed by atoms with E-state index in [2.05, 4.69) is 444 Å². The summed E-state index contributed by atoms with van der Waals surface area (Å²) < 4.78 is 0. The van der Waals surface area contributed by atoms with Gasteiger partial charge >= 0.3 is 168 Å². The Balaban J connectivity index is 0.564. The molecule has 7 nitrogen and oxygen atoms in total. The zero-order valence-corrected chi connectivity index (χ0v) is 75.2. The van der Waals surface area contributed by atoms with E-state index in [0.29, 0.717) is 22.6 Å². The molecule has 0 N–H and O–H groups in total. The molecular weight excluding hydrogens is 1560 g/mol. The summed E-state index contributed by atoms with van der Waals surface area (Å²) >= 11 is 1.92. The first kappa shape index (κ1) is 82.5. The predicted molar refractivity (Wildman–Crippen MR) is 535 cm³/mol. The summed E-state index contributed by atoms with van der Waals surface area (Å²) in [5.41, 5.74) is 31.8. The Hall–Kier alpha value is -13.8. The molecule has 2 atom stereocenters. The van der Waals surface area contributed by atoms with Crippen molar-refractivity contribution in [2.75, 3.05) is 31.6 Å². The molecule has 0 heterocycles. The quantitative estimate of drug-likeness (QED) is 0.0413. The van der Waals surface area contributed by atoms with Crippen LogP contribution >= 0.6 is 11.8 Å². The minimum Gasteiger partial charge on any atom is -0.311 e. The number of benzene rings is 14. The average Bonchev–Trinajstić information content (AvgIpc) is 1.56. The number of para-hydroxylation sites is 2. The van der Waals surface area contributed by atoms with Gasteiger partial charge in [0.1, 0.15) is 0 Å². The van der Waals surface area contributed by atoms with Crippen LogP contribution < -0.4 is 30.0 Å². The van der Waals surface area contributed by atoms with E-state index in [1.165, 1.54) is 60.4 Å². The van der Waals surface area contributed by atoms with E-state index in [1.807, 2.05) is 54.2 Å². The van der Waals surface area contributed by atoms with Gasteiger partial charge in [-0.2, -0.15) is 22.3 Å². The second-order valence-electron chi connectivity index (χ2n) is 36.0. The van der Waals surface area contributed by atoms with E-state index < -0.39 is 16.1 Å². The zero-order valence-electron chi connectivity index (χ0n) is 72.3. The monoisotopic (exact) mass is 1660 g/mol. The molecule has 0 radical (unpaired) electrons. The maximum atomic E-state index is 9.96. The molecule has 14 aromatic rings. The Bertz CT molecular complexity index is 6520. The molecule has 14 aromatic carbocycles. The summed E-state index contributed by atoms with van der Waals surface area (Å²) in [5.74, 6) is 1.34. The number of fused-ring (bicyclic) bond motifs is 6. The molecule has 0 bridgehead atoms. The van der Waals surface area contributed by atoms with Gasteiger partial charge in [0.05, 0.1) is 31.8 Å². The zero-order chi connectivity index (χ0) is 85.9. The normalized spacial score (nSPS) is 14.5. The van der Waals surface area contributed by atoms with Gasteiger partial charge in [-0.05, 0) is 218 Å². The van der Waals surface area contributed by atoms with Crippen LogP contribution in [-0.2, 0) is 10.8 Å². The van der Waals surface area contributed by atoms with Crippen molar-refractivity contribution >= 4 is 137 Å². The average molecular weight is 1660 g/mol. The van der Waals surface area contributed by atoms with Crippen LogP contribution in [0.4, 0.5) is 62.6 Å². The van der Waals surface area contributed by atoms with Crippen molar-refractivity contribution in [1.29, 1.82) is 15.8 Å². The van der Waals surface area contributed by atoms with Gasteiger partial charge in [-0.1, -0.05) is 228 Å². The first-order chi connectivity index (χ1) is 60.1. The molecule has 3 aliphatic rings. The van der Waals surface area contributed by atoms with Crippen LogP contribution in [0.1, 0.15) is 112 Å². The fourth-order valence-electron chi connectivity index (χ4n) is 18.4. The van der Waals surface area contributed by atoms with E-state index in [4.69, 9.17) is 0 Å². The van der Waals surface area contributed by atoms with Crippen molar-refractivity contribution in [3.05, 3.63) is 424 Å². The largest absolute Gasteiger partial charge is 0.311 e. The second-order valence-corrected chi connectivity index (χ2v) is 47.6. The van der Waals surface area contributed by atoms with Crippen molar-refractivity contribution in [2.24, 2.45) is 0 Å². The Morgan fingerprint density at radius 3 is 1.10 bits per heavy atom. The van der Waals surface area contributed by atoms with Gasteiger partial charge in [-0.3, -0.25) is 0 Å². The number of rotatable bonds is 25. The first-order valence-electron chi connectivity index (χ1n) is 43.2. The predicted octanol–water partition coefficient (Wildman–Crippen LogP) is 29.2. The van der Waals surface area contributed by atoms with Crippen molar-refractivity contribution in [1.82, 2.24) is 0 Å². The molecule has 1 unspecified atom stereocenters. The Kier molecular flexibility index (Phi) is 23.3. The number of nitrogens with zero attached hydrogens (tertiary/aromatic N) is 7. The summed E-state index contributed by atoms with van der Waals surface area (Å²) in [6, 6.07) is 127. The molecule has 0 saturated carbocycles. The van der Waals surface area contributed by atoms with Crippen molar-refractivity contribution < 1.29 is 0 Å². The van der Waals surface area contributed by atoms with Crippen molar-refractivity contribution in [2.45, 2.75) is 95.7 Å². The number of anilines is 11. The van der Waals surface area contributed by atoms with Crippen LogP contribution in [-0.4, -0.2) is 34.2 Å². The van der Waals surface area contributed by atoms with E-state index in [1.54, 1.807) is 0 Å². The van der Waals surface area contributed by atoms with E-state index >= 15 is 0 Å². The molecule has 0 aliphatic heterocycles. The third kappa shape index (κ3) is 17.2. The number of hydrogen-bond acceptors (Lipinski definition) is 8. The topological polar surface area (TPSA) is 84.3 Å². The Morgan fingerprint density at radius 2 is 0.718 bits per heavy atom. The Morgan fingerprint density at radius 1 is 0.387 bits per heavy atom. The van der Waals surface area contributed by atoms with Gasteiger partial charge in [-0.15, -0.1) is 0 Å². The maximum Gasteiger partial charge on any atom is 0.0991 e. The SMILES string of the molecule is CSC[C@H](C[Si](C)(C)c1ccc(N(c2ccc(/C=C/c3ccc4c(c3)C(C)(C)c3cc(/C=C/c5ccc(N(c6ccc(C#N)cc6)c6ccc([SiH-](C)(C)C)cc6)cc5)ccc3-4)cc2)C2C=CC(C#N)=CC2)cc1)c1ccc(N(c2ccc(C#N)cc2)c2ccc3c(c2)C(C)(C)c2cc(/C=C/c4ccc(N(c5ccccc5)c5ccccc5)cc4)ccc2-3)cc1. The molecule has 0 aromatic heterocycles. The molecule has 17 rings (SSSR count). The van der Waals surface area contributed by atoms with Gasteiger partial charge in [-0.25, -0.2) is 0 Å². The fourth-order valence-corrected chi connectivity index (χ4v) is 23.6. The summed E-state index contributed by atoms with van der Waals surface area (Å²) in [5, 5.41) is 32.3. The number of allylic oxidation sites excluding steroid dienone is 2. The smallest absolute Gasteiger partial charge is 0.0991 e. The summed E-state index contributed by atoms with van der Waals surface area (Å²) in [4.78, 5) is 9.33. The standard InChI is InChI=1S/C114H102N7SSi2/c1-113(2)109-71-83(24-21-81-29-46-94(47-30-81)119(96-50-33-86(75-115)34-51-96)100-58-63-103(64-59-100)123(6,7)8)39-67-105(109)106-68-40-84(72-110(106)113)25-22-82-31-48-95(49-32-82)120(97-52-35-87(76-116)36-53-97)101-60-65-104(66-61-101)124(9,10)79-90(78-122-5)89-42-56-99(57-43-89)121(98-54-37-88(77-117)38-55-98)102-62-70-108-107-69-41-85(73-111(107)114(3,4)112(108)74-102)26-23-80-27-44-93(45-28-80)118(91-17-13-11-14-18-91)92-19-15-12-16-20-92/h11-52,54-74,90,97,123H,53,78-79H2,1-10H3/q-1/b24-21+,25-22+,26-23+/t90-,97?/m1/s1. The summed E-state index contributed by atoms with van der Waals surface area (Å²) in [7, 11) is -3.86. The maximum absolute atomic E-state index is 9.96. The molecular formula is C114H102N7SSi2-.